The summed E-state index contributed by atoms with van der Waals surface area (Å²) >= 11 is 5.44. The van der Waals surface area contributed by atoms with Gasteiger partial charge in [-0.1, -0.05) is 11.6 Å². The third-order valence-corrected chi connectivity index (χ3v) is 2.16. The Balaban J connectivity index is 0.00000196. The van der Waals surface area contributed by atoms with Crippen LogP contribution in [0.15, 0.2) is 12.1 Å². The molecule has 0 heterocycles. The molecule has 0 aliphatic rings. The zero-order valence-electron chi connectivity index (χ0n) is 7.64. The van der Waals surface area contributed by atoms with Crippen molar-refractivity contribution >= 4 is 24.0 Å². The first-order valence-electron chi connectivity index (χ1n) is 4.03. The standard InChI is InChI=1S/C9H9ClF3N.ClH/c10-5-1-2-6(12)8(9(5)13)7(14)3-4-11;/h1-2,7H,3-4,14H2;1H/t7-;/m0./s1. The second-order valence-corrected chi connectivity index (χ2v) is 3.25. The first kappa shape index (κ1) is 14.6. The summed E-state index contributed by atoms with van der Waals surface area (Å²) in [4.78, 5) is 0. The van der Waals surface area contributed by atoms with Crippen LogP contribution >= 0.6 is 24.0 Å². The minimum Gasteiger partial charge on any atom is -0.324 e. The number of alkyl halides is 1. The average Bonchev–Trinajstić information content (AvgIpc) is 2.13. The predicted octanol–water partition coefficient (Wildman–Crippen LogP) is 3.40. The summed E-state index contributed by atoms with van der Waals surface area (Å²) in [6.45, 7) is -0.730. The fourth-order valence-electron chi connectivity index (χ4n) is 1.14. The Bertz CT molecular complexity index is 333. The molecule has 0 saturated carbocycles. The largest absolute Gasteiger partial charge is 0.324 e. The Kier molecular flexibility index (Phi) is 6.02. The third kappa shape index (κ3) is 3.26. The van der Waals surface area contributed by atoms with Gasteiger partial charge in [0.15, 0.2) is 0 Å². The molecule has 0 radical (unpaired) electrons. The highest BCUT2D eigenvalue weighted by Gasteiger charge is 2.18. The Morgan fingerprint density at radius 3 is 2.47 bits per heavy atom. The van der Waals surface area contributed by atoms with Crippen molar-refractivity contribution in [2.75, 3.05) is 6.67 Å². The van der Waals surface area contributed by atoms with Gasteiger partial charge in [0.25, 0.3) is 0 Å². The van der Waals surface area contributed by atoms with Crippen LogP contribution in [0.3, 0.4) is 0 Å². The second-order valence-electron chi connectivity index (χ2n) is 2.84. The monoisotopic (exact) mass is 259 g/mol. The van der Waals surface area contributed by atoms with Gasteiger partial charge in [0.2, 0.25) is 0 Å². The lowest BCUT2D eigenvalue weighted by atomic mass is 10.0. The summed E-state index contributed by atoms with van der Waals surface area (Å²) in [7, 11) is 0. The van der Waals surface area contributed by atoms with E-state index in [4.69, 9.17) is 17.3 Å². The summed E-state index contributed by atoms with van der Waals surface area (Å²) in [6, 6.07) is 1.11. The second kappa shape index (κ2) is 6.20. The van der Waals surface area contributed by atoms with E-state index >= 15 is 0 Å². The Labute approximate surface area is 96.8 Å². The molecule has 0 aliphatic carbocycles. The molecule has 0 spiro atoms. The summed E-state index contributed by atoms with van der Waals surface area (Å²) < 4.78 is 38.3. The van der Waals surface area contributed by atoms with E-state index < -0.39 is 24.4 Å². The van der Waals surface area contributed by atoms with E-state index in [0.29, 0.717) is 0 Å². The highest BCUT2D eigenvalue weighted by molar-refractivity contribution is 6.30. The van der Waals surface area contributed by atoms with Crippen LogP contribution in [-0.2, 0) is 0 Å². The fraction of sp³-hybridized carbons (Fsp3) is 0.333. The number of nitrogens with two attached hydrogens (primary N) is 1. The van der Waals surface area contributed by atoms with E-state index in [0.717, 1.165) is 12.1 Å². The normalized spacial score (nSPS) is 12.1. The Morgan fingerprint density at radius 2 is 1.93 bits per heavy atom. The molecule has 1 aromatic rings. The number of benzene rings is 1. The van der Waals surface area contributed by atoms with Crippen LogP contribution in [0.2, 0.25) is 5.02 Å². The van der Waals surface area contributed by atoms with Crippen molar-refractivity contribution in [1.82, 2.24) is 0 Å². The van der Waals surface area contributed by atoms with Crippen LogP contribution in [0.4, 0.5) is 13.2 Å². The minimum absolute atomic E-state index is 0. The van der Waals surface area contributed by atoms with Gasteiger partial charge in [-0.2, -0.15) is 0 Å². The van der Waals surface area contributed by atoms with Crippen molar-refractivity contribution in [2.24, 2.45) is 5.73 Å². The molecule has 0 unspecified atom stereocenters. The van der Waals surface area contributed by atoms with Gasteiger partial charge < -0.3 is 5.73 Å². The summed E-state index contributed by atoms with van der Waals surface area (Å²) in [5.74, 6) is -1.71. The number of hydrogen-bond donors (Lipinski definition) is 1. The average molecular weight is 260 g/mol. The predicted molar refractivity (Wildman–Crippen MR) is 56.1 cm³/mol. The van der Waals surface area contributed by atoms with Crippen molar-refractivity contribution < 1.29 is 13.2 Å². The van der Waals surface area contributed by atoms with Crippen LogP contribution in [0.1, 0.15) is 18.0 Å². The molecular formula is C9H10Cl2F3N. The van der Waals surface area contributed by atoms with Crippen LogP contribution in [0.25, 0.3) is 0 Å². The van der Waals surface area contributed by atoms with Crippen molar-refractivity contribution in [3.05, 3.63) is 34.4 Å². The lowest BCUT2D eigenvalue weighted by Crippen LogP contribution is -2.15. The van der Waals surface area contributed by atoms with Crippen LogP contribution in [-0.4, -0.2) is 6.67 Å². The molecule has 0 amide bonds. The Hall–Kier alpha value is -0.450. The number of hydrogen-bond acceptors (Lipinski definition) is 1. The maximum Gasteiger partial charge on any atom is 0.149 e. The maximum absolute atomic E-state index is 13.3. The van der Waals surface area contributed by atoms with E-state index in [9.17, 15) is 13.2 Å². The number of halogens is 5. The fourth-order valence-corrected chi connectivity index (χ4v) is 1.31. The maximum atomic E-state index is 13.3. The van der Waals surface area contributed by atoms with E-state index in [2.05, 4.69) is 0 Å². The van der Waals surface area contributed by atoms with Gasteiger partial charge in [0, 0.05) is 11.6 Å². The topological polar surface area (TPSA) is 26.0 Å². The minimum atomic E-state index is -1.00. The molecule has 0 fully saturated rings. The van der Waals surface area contributed by atoms with Crippen molar-refractivity contribution in [3.63, 3.8) is 0 Å². The molecule has 0 aromatic heterocycles. The van der Waals surface area contributed by atoms with Crippen molar-refractivity contribution in [2.45, 2.75) is 12.5 Å². The lowest BCUT2D eigenvalue weighted by Gasteiger charge is -2.12. The highest BCUT2D eigenvalue weighted by Crippen LogP contribution is 2.26. The number of rotatable bonds is 3. The summed E-state index contributed by atoms with van der Waals surface area (Å²) in [5, 5.41) is -0.212. The molecule has 1 nitrogen and oxygen atoms in total. The highest BCUT2D eigenvalue weighted by atomic mass is 35.5. The third-order valence-electron chi connectivity index (χ3n) is 1.87. The molecule has 0 aliphatic heterocycles. The first-order valence-corrected chi connectivity index (χ1v) is 4.40. The molecule has 1 rings (SSSR count). The molecule has 6 heteroatoms. The van der Waals surface area contributed by atoms with E-state index in [1.807, 2.05) is 0 Å². The van der Waals surface area contributed by atoms with Gasteiger partial charge in [-0.05, 0) is 18.6 Å². The van der Waals surface area contributed by atoms with Gasteiger partial charge in [-0.25, -0.2) is 8.78 Å². The molecule has 15 heavy (non-hydrogen) atoms. The van der Waals surface area contributed by atoms with E-state index in [1.165, 1.54) is 0 Å². The quantitative estimate of drug-likeness (QED) is 0.828. The van der Waals surface area contributed by atoms with Gasteiger partial charge in [0.1, 0.15) is 11.6 Å². The molecule has 0 bridgehead atoms. The molecule has 1 aromatic carbocycles. The summed E-state index contributed by atoms with van der Waals surface area (Å²) in [6.07, 6.45) is -0.131. The molecule has 0 saturated heterocycles. The van der Waals surface area contributed by atoms with Crippen molar-refractivity contribution in [3.8, 4) is 0 Å². The zero-order valence-corrected chi connectivity index (χ0v) is 9.22. The molecule has 1 atom stereocenters. The van der Waals surface area contributed by atoms with E-state index in [1.54, 1.807) is 0 Å². The zero-order chi connectivity index (χ0) is 10.7. The van der Waals surface area contributed by atoms with Crippen LogP contribution in [0.5, 0.6) is 0 Å². The SMILES string of the molecule is Cl.N[C@@H](CCF)c1c(F)ccc(Cl)c1F. The van der Waals surface area contributed by atoms with Crippen LogP contribution < -0.4 is 5.73 Å². The molecular weight excluding hydrogens is 250 g/mol. The first-order chi connectivity index (χ1) is 6.57. The summed E-state index contributed by atoms with van der Waals surface area (Å²) in [5.41, 5.74) is 5.05. The lowest BCUT2D eigenvalue weighted by molar-refractivity contribution is 0.425. The smallest absolute Gasteiger partial charge is 0.149 e. The van der Waals surface area contributed by atoms with Crippen molar-refractivity contribution in [1.29, 1.82) is 0 Å². The molecule has 86 valence electrons. The van der Waals surface area contributed by atoms with Gasteiger partial charge in [-0.3, -0.25) is 4.39 Å². The van der Waals surface area contributed by atoms with Gasteiger partial charge >= 0.3 is 0 Å². The Morgan fingerprint density at radius 1 is 1.33 bits per heavy atom. The van der Waals surface area contributed by atoms with Gasteiger partial charge in [-0.15, -0.1) is 12.4 Å². The van der Waals surface area contributed by atoms with Crippen LogP contribution in [0, 0.1) is 11.6 Å². The molecule has 2 N–H and O–H groups in total. The van der Waals surface area contributed by atoms with Gasteiger partial charge in [0.05, 0.1) is 11.7 Å². The van der Waals surface area contributed by atoms with E-state index in [-0.39, 0.29) is 29.4 Å².